The summed E-state index contributed by atoms with van der Waals surface area (Å²) in [4.78, 5) is 6.82. The lowest BCUT2D eigenvalue weighted by Gasteiger charge is -2.30. The van der Waals surface area contributed by atoms with Gasteiger partial charge in [0.2, 0.25) is 0 Å². The van der Waals surface area contributed by atoms with E-state index in [0.717, 1.165) is 5.92 Å². The predicted molar refractivity (Wildman–Crippen MR) is 76.0 cm³/mol. The van der Waals surface area contributed by atoms with Gasteiger partial charge in [0.1, 0.15) is 5.01 Å². The van der Waals surface area contributed by atoms with Crippen LogP contribution < -0.4 is 5.32 Å². The summed E-state index contributed by atoms with van der Waals surface area (Å²) < 4.78 is 0. The molecule has 98 valence electrons. The number of piperidine rings is 1. The van der Waals surface area contributed by atoms with Crippen LogP contribution in [0.15, 0.2) is 11.6 Å². The second-order valence-corrected chi connectivity index (χ2v) is 5.62. The standard InChI is InChI=1S/C12H21N3S.ClH/c1-10(12-14-6-7-16-12)15(2)9-11-4-3-5-13-8-11;/h6-7,10-11,13H,3-5,8-9H2,1-2H3;1H. The van der Waals surface area contributed by atoms with Crippen LogP contribution in [0.1, 0.15) is 30.8 Å². The van der Waals surface area contributed by atoms with Crippen LogP contribution in [0, 0.1) is 5.92 Å². The molecule has 0 amide bonds. The number of nitrogens with one attached hydrogen (secondary N) is 1. The molecule has 17 heavy (non-hydrogen) atoms. The van der Waals surface area contributed by atoms with Crippen LogP contribution in [0.2, 0.25) is 0 Å². The zero-order valence-electron chi connectivity index (χ0n) is 10.6. The Bertz CT molecular complexity index is 299. The molecular formula is C12H22ClN3S. The lowest BCUT2D eigenvalue weighted by atomic mass is 9.99. The first-order valence-corrected chi connectivity index (χ1v) is 6.95. The van der Waals surface area contributed by atoms with E-state index in [1.807, 2.05) is 6.20 Å². The lowest BCUT2D eigenvalue weighted by molar-refractivity contribution is 0.199. The maximum absolute atomic E-state index is 4.39. The van der Waals surface area contributed by atoms with Crippen molar-refractivity contribution >= 4 is 23.7 Å². The van der Waals surface area contributed by atoms with Gasteiger partial charge in [-0.3, -0.25) is 4.90 Å². The highest BCUT2D eigenvalue weighted by atomic mass is 35.5. The number of nitrogens with zero attached hydrogens (tertiary/aromatic N) is 2. The fraction of sp³-hybridized carbons (Fsp3) is 0.750. The van der Waals surface area contributed by atoms with Crippen molar-refractivity contribution in [3.8, 4) is 0 Å². The minimum Gasteiger partial charge on any atom is -0.316 e. The summed E-state index contributed by atoms with van der Waals surface area (Å²) in [5.74, 6) is 0.807. The molecule has 1 aromatic heterocycles. The molecule has 1 aliphatic rings. The first-order chi connectivity index (χ1) is 7.77. The van der Waals surface area contributed by atoms with Gasteiger partial charge in [0, 0.05) is 18.1 Å². The highest BCUT2D eigenvalue weighted by Crippen LogP contribution is 2.22. The zero-order valence-corrected chi connectivity index (χ0v) is 12.2. The average Bonchev–Trinajstić information content (AvgIpc) is 2.83. The molecule has 1 saturated heterocycles. The van der Waals surface area contributed by atoms with Crippen molar-refractivity contribution < 1.29 is 0 Å². The first kappa shape index (κ1) is 14.9. The Labute approximate surface area is 114 Å². The fourth-order valence-corrected chi connectivity index (χ4v) is 3.03. The Hall–Kier alpha value is -0.160. The summed E-state index contributed by atoms with van der Waals surface area (Å²) in [6.45, 7) is 5.79. The average molecular weight is 276 g/mol. The molecule has 2 heterocycles. The minimum atomic E-state index is 0. The molecule has 2 rings (SSSR count). The lowest BCUT2D eigenvalue weighted by Crippen LogP contribution is -2.37. The van der Waals surface area contributed by atoms with Gasteiger partial charge in [-0.1, -0.05) is 0 Å². The summed E-state index contributed by atoms with van der Waals surface area (Å²) in [6.07, 6.45) is 4.58. The van der Waals surface area contributed by atoms with E-state index < -0.39 is 0 Å². The minimum absolute atomic E-state index is 0. The molecular weight excluding hydrogens is 254 g/mol. The highest BCUT2D eigenvalue weighted by molar-refractivity contribution is 7.09. The summed E-state index contributed by atoms with van der Waals surface area (Å²) >= 11 is 1.75. The molecule has 2 atom stereocenters. The third kappa shape index (κ3) is 4.21. The Morgan fingerprint density at radius 3 is 3.06 bits per heavy atom. The van der Waals surface area contributed by atoms with Crippen LogP contribution in [-0.2, 0) is 0 Å². The maximum Gasteiger partial charge on any atom is 0.109 e. The van der Waals surface area contributed by atoms with E-state index >= 15 is 0 Å². The topological polar surface area (TPSA) is 28.2 Å². The largest absolute Gasteiger partial charge is 0.316 e. The van der Waals surface area contributed by atoms with Gasteiger partial charge in [0.25, 0.3) is 0 Å². The molecule has 1 N–H and O–H groups in total. The Kier molecular flexibility index (Phi) is 6.41. The summed E-state index contributed by atoms with van der Waals surface area (Å²) in [5, 5.41) is 6.76. The first-order valence-electron chi connectivity index (χ1n) is 6.07. The van der Waals surface area contributed by atoms with Crippen molar-refractivity contribution in [2.45, 2.75) is 25.8 Å². The number of hydrogen-bond donors (Lipinski definition) is 1. The second-order valence-electron chi connectivity index (χ2n) is 4.70. The van der Waals surface area contributed by atoms with Gasteiger partial charge in [-0.25, -0.2) is 4.98 Å². The van der Waals surface area contributed by atoms with E-state index in [1.165, 1.54) is 37.5 Å². The number of rotatable bonds is 4. The molecule has 1 fully saturated rings. The quantitative estimate of drug-likeness (QED) is 0.915. The van der Waals surface area contributed by atoms with E-state index in [1.54, 1.807) is 11.3 Å². The maximum atomic E-state index is 4.39. The number of aromatic nitrogens is 1. The van der Waals surface area contributed by atoms with Crippen molar-refractivity contribution in [3.05, 3.63) is 16.6 Å². The molecule has 0 aromatic carbocycles. The highest BCUT2D eigenvalue weighted by Gasteiger charge is 2.19. The van der Waals surface area contributed by atoms with Crippen LogP contribution >= 0.6 is 23.7 Å². The van der Waals surface area contributed by atoms with Crippen LogP contribution in [0.5, 0.6) is 0 Å². The smallest absolute Gasteiger partial charge is 0.109 e. The third-order valence-electron chi connectivity index (χ3n) is 3.42. The predicted octanol–water partition coefficient (Wildman–Crippen LogP) is 2.56. The van der Waals surface area contributed by atoms with Crippen LogP contribution in [0.3, 0.4) is 0 Å². The van der Waals surface area contributed by atoms with Gasteiger partial charge in [-0.15, -0.1) is 23.7 Å². The molecule has 0 radical (unpaired) electrons. The number of halogens is 1. The van der Waals surface area contributed by atoms with Crippen LogP contribution in [0.4, 0.5) is 0 Å². The molecule has 3 nitrogen and oxygen atoms in total. The van der Waals surface area contributed by atoms with Crippen LogP contribution in [-0.4, -0.2) is 36.6 Å². The van der Waals surface area contributed by atoms with E-state index in [4.69, 9.17) is 0 Å². The summed E-state index contributed by atoms with van der Waals surface area (Å²) in [6, 6.07) is 0.446. The van der Waals surface area contributed by atoms with E-state index in [0.29, 0.717) is 6.04 Å². The summed E-state index contributed by atoms with van der Waals surface area (Å²) in [7, 11) is 2.21. The Balaban J connectivity index is 0.00000144. The molecule has 0 saturated carbocycles. The van der Waals surface area contributed by atoms with Crippen molar-refractivity contribution in [2.24, 2.45) is 5.92 Å². The molecule has 2 unspecified atom stereocenters. The van der Waals surface area contributed by atoms with Crippen LogP contribution in [0.25, 0.3) is 0 Å². The molecule has 0 spiro atoms. The Morgan fingerprint density at radius 1 is 1.65 bits per heavy atom. The SMILES string of the molecule is CC(c1nccs1)N(C)CC1CCCNC1.Cl. The van der Waals surface area contributed by atoms with E-state index in [-0.39, 0.29) is 12.4 Å². The molecule has 0 bridgehead atoms. The van der Waals surface area contributed by atoms with Gasteiger partial charge in [-0.2, -0.15) is 0 Å². The normalized spacial score (nSPS) is 22.2. The van der Waals surface area contributed by atoms with Crippen molar-refractivity contribution in [1.29, 1.82) is 0 Å². The van der Waals surface area contributed by atoms with Crippen molar-refractivity contribution in [3.63, 3.8) is 0 Å². The van der Waals surface area contributed by atoms with E-state index in [9.17, 15) is 0 Å². The van der Waals surface area contributed by atoms with Gasteiger partial charge in [0.05, 0.1) is 6.04 Å². The molecule has 1 aromatic rings. The van der Waals surface area contributed by atoms with Gasteiger partial charge in [0.15, 0.2) is 0 Å². The Morgan fingerprint density at radius 2 is 2.47 bits per heavy atom. The molecule has 0 aliphatic carbocycles. The van der Waals surface area contributed by atoms with Gasteiger partial charge < -0.3 is 5.32 Å². The van der Waals surface area contributed by atoms with Gasteiger partial charge >= 0.3 is 0 Å². The monoisotopic (exact) mass is 275 g/mol. The zero-order chi connectivity index (χ0) is 11.4. The van der Waals surface area contributed by atoms with Crippen molar-refractivity contribution in [1.82, 2.24) is 15.2 Å². The summed E-state index contributed by atoms with van der Waals surface area (Å²) in [5.41, 5.74) is 0. The van der Waals surface area contributed by atoms with Crippen molar-refractivity contribution in [2.75, 3.05) is 26.7 Å². The van der Waals surface area contributed by atoms with E-state index in [2.05, 4.69) is 34.6 Å². The fourth-order valence-electron chi connectivity index (χ4n) is 2.27. The number of hydrogen-bond acceptors (Lipinski definition) is 4. The van der Waals surface area contributed by atoms with Gasteiger partial charge in [-0.05, 0) is 45.8 Å². The second kappa shape index (κ2) is 7.31. The molecule has 5 heteroatoms. The molecule has 1 aliphatic heterocycles. The number of thiazole rings is 1. The third-order valence-corrected chi connectivity index (χ3v) is 4.36.